The zero-order valence-electron chi connectivity index (χ0n) is 14.8. The van der Waals surface area contributed by atoms with Gasteiger partial charge in [0.2, 0.25) is 0 Å². The molecule has 0 unspecified atom stereocenters. The van der Waals surface area contributed by atoms with Gasteiger partial charge in [-0.1, -0.05) is 0 Å². The lowest BCUT2D eigenvalue weighted by molar-refractivity contribution is 0.0608. The molecule has 2 amide bonds. The lowest BCUT2D eigenvalue weighted by Crippen LogP contribution is -2.41. The van der Waals surface area contributed by atoms with Gasteiger partial charge in [0.1, 0.15) is 23.0 Å². The molecule has 13 heteroatoms. The highest BCUT2D eigenvalue weighted by molar-refractivity contribution is 7.93. The molecular weight excluding hydrogens is 420 g/mol. The van der Waals surface area contributed by atoms with Crippen molar-refractivity contribution in [2.45, 2.75) is 31.3 Å². The third-order valence-electron chi connectivity index (χ3n) is 2.88. The first-order valence-corrected chi connectivity index (χ1v) is 9.84. The van der Waals surface area contributed by atoms with Crippen molar-refractivity contribution in [3.05, 3.63) is 34.7 Å². The van der Waals surface area contributed by atoms with Crippen LogP contribution in [0.15, 0.2) is 27.9 Å². The molecule has 0 aliphatic heterocycles. The summed E-state index contributed by atoms with van der Waals surface area (Å²) in [6.07, 6.45) is -2.76. The first-order chi connectivity index (χ1) is 12.8. The Morgan fingerprint density at radius 1 is 1.21 bits per heavy atom. The first-order valence-electron chi connectivity index (χ1n) is 7.46. The lowest BCUT2D eigenvalue weighted by Gasteiger charge is -2.25. The van der Waals surface area contributed by atoms with E-state index in [-0.39, 0.29) is 4.31 Å². The van der Waals surface area contributed by atoms with Gasteiger partial charge in [0, 0.05) is 17.5 Å². The van der Waals surface area contributed by atoms with E-state index in [2.05, 4.69) is 9.72 Å². The lowest BCUT2D eigenvalue weighted by atomic mass is 10.2. The Labute approximate surface area is 162 Å². The Balaban J connectivity index is 2.60. The molecule has 2 aromatic rings. The van der Waals surface area contributed by atoms with Crippen LogP contribution in [-0.2, 0) is 14.8 Å². The fraction of sp³-hybridized carbons (Fsp3) is 0.267. The molecule has 28 heavy (non-hydrogen) atoms. The third kappa shape index (κ3) is 4.72. The number of primary amides is 1. The smallest absolute Gasteiger partial charge is 0.430 e. The standard InChI is InChI=1S/C15H15F2N3O6S2/c1-15(2,3)26-14(22)20(11-6-27-7-19-11)28(23,24)12-9(16)4-8(5-10(12)17)25-13(18)21/h4-7H,1-3H3,(H2,18,21). The Morgan fingerprint density at radius 3 is 2.21 bits per heavy atom. The molecule has 0 fully saturated rings. The number of carbonyl (C=O) groups is 2. The summed E-state index contributed by atoms with van der Waals surface area (Å²) in [5.74, 6) is -4.28. The number of nitrogens with two attached hydrogens (primary N) is 1. The van der Waals surface area contributed by atoms with Crippen molar-refractivity contribution >= 4 is 39.4 Å². The normalized spacial score (nSPS) is 11.8. The molecule has 0 saturated carbocycles. The SMILES string of the molecule is CC(C)(C)OC(=O)N(c1cscn1)S(=O)(=O)c1c(F)cc(OC(N)=O)cc1F. The van der Waals surface area contributed by atoms with Gasteiger partial charge in [0.05, 0.1) is 5.51 Å². The molecule has 0 radical (unpaired) electrons. The number of hydrogen-bond acceptors (Lipinski definition) is 8. The minimum atomic E-state index is -5.12. The van der Waals surface area contributed by atoms with Crippen LogP contribution in [0.2, 0.25) is 0 Å². The molecule has 2 N–H and O–H groups in total. The number of ether oxygens (including phenoxy) is 2. The van der Waals surface area contributed by atoms with Crippen LogP contribution < -0.4 is 14.8 Å². The van der Waals surface area contributed by atoms with Gasteiger partial charge in [-0.2, -0.15) is 0 Å². The fourth-order valence-electron chi connectivity index (χ4n) is 1.97. The number of halogens is 2. The molecule has 1 aromatic carbocycles. The van der Waals surface area contributed by atoms with Crippen LogP contribution in [0.5, 0.6) is 5.75 Å². The maximum atomic E-state index is 14.4. The molecule has 0 saturated heterocycles. The molecule has 0 aliphatic carbocycles. The number of nitrogens with zero attached hydrogens (tertiary/aromatic N) is 2. The molecule has 0 bridgehead atoms. The fourth-order valence-corrected chi connectivity index (χ4v) is 3.93. The highest BCUT2D eigenvalue weighted by Gasteiger charge is 2.39. The first kappa shape index (κ1) is 21.5. The monoisotopic (exact) mass is 435 g/mol. The average Bonchev–Trinajstić information content (AvgIpc) is 2.96. The number of thiazole rings is 1. The number of rotatable bonds is 4. The minimum Gasteiger partial charge on any atom is -0.443 e. The Bertz CT molecular complexity index is 980. The maximum Gasteiger partial charge on any atom is 0.430 e. The predicted molar refractivity (Wildman–Crippen MR) is 94.6 cm³/mol. The summed E-state index contributed by atoms with van der Waals surface area (Å²) in [6.45, 7) is 4.44. The quantitative estimate of drug-likeness (QED) is 0.781. The Morgan fingerprint density at radius 2 is 1.79 bits per heavy atom. The van der Waals surface area contributed by atoms with Crippen LogP contribution in [0.4, 0.5) is 24.2 Å². The molecule has 1 aromatic heterocycles. The number of amides is 2. The van der Waals surface area contributed by atoms with Crippen LogP contribution in [-0.4, -0.2) is 31.2 Å². The molecule has 152 valence electrons. The summed E-state index contributed by atoms with van der Waals surface area (Å²) in [5.41, 5.74) is 4.88. The van der Waals surface area contributed by atoms with Crippen molar-refractivity contribution in [3.63, 3.8) is 0 Å². The number of aromatic nitrogens is 1. The zero-order valence-corrected chi connectivity index (χ0v) is 16.4. The molecular formula is C15H15F2N3O6S2. The van der Waals surface area contributed by atoms with Gasteiger partial charge >= 0.3 is 12.2 Å². The van der Waals surface area contributed by atoms with Gasteiger partial charge in [-0.25, -0.2) is 31.8 Å². The topological polar surface area (TPSA) is 129 Å². The second-order valence-corrected chi connectivity index (χ2v) is 8.68. The van der Waals surface area contributed by atoms with Gasteiger partial charge in [0.15, 0.2) is 10.7 Å². The second-order valence-electron chi connectivity index (χ2n) is 6.23. The number of sulfonamides is 1. The Hall–Kier alpha value is -2.80. The predicted octanol–water partition coefficient (Wildman–Crippen LogP) is 3.01. The van der Waals surface area contributed by atoms with E-state index < -0.39 is 55.9 Å². The number of benzene rings is 1. The summed E-state index contributed by atoms with van der Waals surface area (Å²) in [6, 6.07) is 0.879. The number of carbonyl (C=O) groups excluding carboxylic acids is 2. The molecule has 2 rings (SSSR count). The molecule has 9 nitrogen and oxygen atoms in total. The second kappa shape index (κ2) is 7.67. The van der Waals surface area contributed by atoms with Crippen LogP contribution in [0.1, 0.15) is 20.8 Å². The minimum absolute atomic E-state index is 0.0465. The van der Waals surface area contributed by atoms with Gasteiger partial charge in [-0.3, -0.25) is 0 Å². The molecule has 1 heterocycles. The molecule has 0 aliphatic rings. The van der Waals surface area contributed by atoms with E-state index in [1.54, 1.807) is 0 Å². The summed E-state index contributed by atoms with van der Waals surface area (Å²) in [5, 5.41) is 1.18. The van der Waals surface area contributed by atoms with Crippen molar-refractivity contribution in [1.29, 1.82) is 0 Å². The number of anilines is 1. The number of hydrogen-bond donors (Lipinski definition) is 1. The van der Waals surface area contributed by atoms with E-state index in [4.69, 9.17) is 10.5 Å². The highest BCUT2D eigenvalue weighted by Crippen LogP contribution is 2.31. The van der Waals surface area contributed by atoms with Crippen molar-refractivity contribution in [2.75, 3.05) is 4.31 Å². The van der Waals surface area contributed by atoms with Gasteiger partial charge < -0.3 is 15.2 Å². The summed E-state index contributed by atoms with van der Waals surface area (Å²) in [7, 11) is -5.12. The van der Waals surface area contributed by atoms with E-state index in [1.165, 1.54) is 31.7 Å². The third-order valence-corrected chi connectivity index (χ3v) is 5.17. The van der Waals surface area contributed by atoms with E-state index in [9.17, 15) is 26.8 Å². The molecule has 0 spiro atoms. The van der Waals surface area contributed by atoms with E-state index in [0.29, 0.717) is 12.1 Å². The van der Waals surface area contributed by atoms with Gasteiger partial charge in [-0.15, -0.1) is 15.6 Å². The van der Waals surface area contributed by atoms with Crippen molar-refractivity contribution in [3.8, 4) is 5.75 Å². The maximum absolute atomic E-state index is 14.4. The van der Waals surface area contributed by atoms with Crippen LogP contribution in [0.3, 0.4) is 0 Å². The zero-order chi connectivity index (χ0) is 21.3. The summed E-state index contributed by atoms with van der Waals surface area (Å²) >= 11 is 0.948. The van der Waals surface area contributed by atoms with Crippen molar-refractivity contribution in [1.82, 2.24) is 4.98 Å². The molecule has 0 atom stereocenters. The summed E-state index contributed by atoms with van der Waals surface area (Å²) in [4.78, 5) is 25.4. The summed E-state index contributed by atoms with van der Waals surface area (Å²) < 4.78 is 64.1. The largest absolute Gasteiger partial charge is 0.443 e. The van der Waals surface area contributed by atoms with E-state index in [0.717, 1.165) is 11.3 Å². The highest BCUT2D eigenvalue weighted by atomic mass is 32.2. The van der Waals surface area contributed by atoms with Crippen molar-refractivity contribution in [2.24, 2.45) is 5.73 Å². The van der Waals surface area contributed by atoms with Gasteiger partial charge in [0.25, 0.3) is 10.0 Å². The average molecular weight is 435 g/mol. The van der Waals surface area contributed by atoms with Crippen LogP contribution in [0, 0.1) is 11.6 Å². The van der Waals surface area contributed by atoms with Crippen LogP contribution in [0.25, 0.3) is 0 Å². The van der Waals surface area contributed by atoms with Crippen LogP contribution >= 0.6 is 11.3 Å². The Kier molecular flexibility index (Phi) is 5.89. The van der Waals surface area contributed by atoms with E-state index in [1.807, 2.05) is 0 Å². The van der Waals surface area contributed by atoms with Gasteiger partial charge in [-0.05, 0) is 20.8 Å². The van der Waals surface area contributed by atoms with E-state index >= 15 is 0 Å². The van der Waals surface area contributed by atoms with Crippen molar-refractivity contribution < 1.29 is 36.3 Å².